The second kappa shape index (κ2) is 35.2. The molecule has 1 heterocycles. The summed E-state index contributed by atoms with van der Waals surface area (Å²) >= 11 is 0. The van der Waals surface area contributed by atoms with Gasteiger partial charge in [0.05, 0.1) is 18.7 Å². The highest BCUT2D eigenvalue weighted by Crippen LogP contribution is 2.27. The second-order valence-corrected chi connectivity index (χ2v) is 26.6. The smallest absolute Gasteiger partial charge is 0.246 e. The first-order valence-corrected chi connectivity index (χ1v) is 31.0. The molecule has 1 aliphatic rings. The van der Waals surface area contributed by atoms with Crippen LogP contribution < -0.4 is 21.3 Å². The van der Waals surface area contributed by atoms with E-state index in [4.69, 9.17) is 0 Å². The SMILES string of the molecule is C/C=C/C[C@@H](C)[C@@H](O)[C@H]1C(=O)N[C@@H](CC)C(=O)N(C)CC(=O)N(C)[C@@H](CC(C)C)C(=O)N[C@H](C(C)C)C(=O)N(C)[C@@H](CC(C)C)C(=O)N[C@@H](C)C(=O)N[C@H](C)C(=O)N(C)[C@@H](CC(C)C)C(=O)N(C)[C@@H](CC(C)C)C(C)N(C)[C@@H](C(C)C)C(=O)N1C. The van der Waals surface area contributed by atoms with E-state index in [0.29, 0.717) is 12.8 Å². The minimum absolute atomic E-state index is 0.0578. The third-order valence-electron chi connectivity index (χ3n) is 16.7. The van der Waals surface area contributed by atoms with Crippen molar-refractivity contribution in [2.45, 2.75) is 236 Å². The standard InChI is InChI=1S/C63H115N11O11/c1-26-28-29-41(15)54(76)53-58(80)66-45(27-2)60(82)68(19)34-50(75)70(21)47(31-36(5)6)57(79)67-51(39(11)12)62(84)72(23)48(32-37(7)8)56(78)64-42(16)55(77)65-43(17)59(81)73(24)49(33-38(9)10)61(83)71(22)46(30-35(3)4)44(18)69(20)52(40(13)14)63(85)74(53)25/h26,28,35-49,51-54,76H,27,29-34H2,1-25H3,(H,64,78)(H,65,77)(H,66,80)(H,67,79)/b28-26+/t41-,42+,43-,44?,45+,46+,47+,48+,49+,51-,52+,53+,54-/m1/s1. The fourth-order valence-electron chi connectivity index (χ4n) is 11.2. The number of carbonyl (C=O) groups is 10. The topological polar surface area (TPSA) is 262 Å². The summed E-state index contributed by atoms with van der Waals surface area (Å²) in [4.78, 5) is 155. The molecular formula is C63H115N11O11. The van der Waals surface area contributed by atoms with Crippen LogP contribution in [-0.4, -0.2) is 227 Å². The van der Waals surface area contributed by atoms with Crippen molar-refractivity contribution in [1.82, 2.24) is 55.6 Å². The molecule has 0 aromatic heterocycles. The highest BCUT2D eigenvalue weighted by molar-refractivity contribution is 5.98. The van der Waals surface area contributed by atoms with Crippen LogP contribution in [0, 0.1) is 41.4 Å². The molecule has 0 aliphatic carbocycles. The lowest BCUT2D eigenvalue weighted by Gasteiger charge is -2.45. The number of aliphatic hydroxyl groups excluding tert-OH is 1. The zero-order valence-electron chi connectivity index (χ0n) is 56.7. The molecule has 1 unspecified atom stereocenters. The minimum Gasteiger partial charge on any atom is -0.390 e. The molecule has 488 valence electrons. The minimum atomic E-state index is -1.50. The predicted molar refractivity (Wildman–Crippen MR) is 333 cm³/mol. The summed E-state index contributed by atoms with van der Waals surface area (Å²) in [5, 5.41) is 23.3. The normalized spacial score (nSPS) is 28.0. The molecule has 1 rings (SSSR count). The van der Waals surface area contributed by atoms with E-state index in [1.807, 2.05) is 100 Å². The van der Waals surface area contributed by atoms with Crippen molar-refractivity contribution in [2.75, 3.05) is 55.9 Å². The molecule has 1 fully saturated rings. The lowest BCUT2D eigenvalue weighted by Crippen LogP contribution is -2.64. The van der Waals surface area contributed by atoms with Crippen LogP contribution in [0.5, 0.6) is 0 Å². The Morgan fingerprint density at radius 2 is 0.965 bits per heavy atom. The van der Waals surface area contributed by atoms with Gasteiger partial charge in [0.25, 0.3) is 0 Å². The Morgan fingerprint density at radius 1 is 0.494 bits per heavy atom. The van der Waals surface area contributed by atoms with E-state index in [1.165, 1.54) is 68.7 Å². The summed E-state index contributed by atoms with van der Waals surface area (Å²) in [5.74, 6) is -7.67. The van der Waals surface area contributed by atoms with E-state index >= 15 is 9.59 Å². The Balaban J connectivity index is 4.32. The summed E-state index contributed by atoms with van der Waals surface area (Å²) in [6.07, 6.45) is 3.81. The van der Waals surface area contributed by atoms with Crippen LogP contribution in [0.4, 0.5) is 0 Å². The van der Waals surface area contributed by atoms with Crippen molar-refractivity contribution in [3.63, 3.8) is 0 Å². The largest absolute Gasteiger partial charge is 0.390 e. The number of amides is 10. The Morgan fingerprint density at radius 3 is 1.44 bits per heavy atom. The predicted octanol–water partition coefficient (Wildman–Crippen LogP) is 4.13. The molecule has 85 heavy (non-hydrogen) atoms. The van der Waals surface area contributed by atoms with Crippen LogP contribution in [0.1, 0.15) is 163 Å². The maximum absolute atomic E-state index is 15.3. The van der Waals surface area contributed by atoms with E-state index in [0.717, 1.165) is 4.90 Å². The second-order valence-electron chi connectivity index (χ2n) is 26.6. The van der Waals surface area contributed by atoms with Crippen molar-refractivity contribution in [3.8, 4) is 0 Å². The van der Waals surface area contributed by atoms with Crippen LogP contribution in [-0.2, 0) is 47.9 Å². The molecule has 0 saturated carbocycles. The average Bonchev–Trinajstić information content (AvgIpc) is 3.62. The van der Waals surface area contributed by atoms with Gasteiger partial charge >= 0.3 is 0 Å². The van der Waals surface area contributed by atoms with Crippen LogP contribution in [0.15, 0.2) is 12.2 Å². The quantitative estimate of drug-likeness (QED) is 0.145. The number of hydrogen-bond acceptors (Lipinski definition) is 12. The number of hydrogen-bond donors (Lipinski definition) is 5. The van der Waals surface area contributed by atoms with E-state index in [1.54, 1.807) is 46.7 Å². The fourth-order valence-corrected chi connectivity index (χ4v) is 11.2. The molecule has 10 amide bonds. The Hall–Kier alpha value is -5.64. The van der Waals surface area contributed by atoms with Gasteiger partial charge in [-0.1, -0.05) is 109 Å². The maximum atomic E-state index is 15.3. The molecule has 1 aliphatic heterocycles. The lowest BCUT2D eigenvalue weighted by atomic mass is 9.90. The van der Waals surface area contributed by atoms with Gasteiger partial charge in [-0.3, -0.25) is 52.8 Å². The van der Waals surface area contributed by atoms with Crippen LogP contribution in [0.2, 0.25) is 0 Å². The first-order chi connectivity index (χ1) is 39.2. The number of nitrogens with zero attached hydrogens (tertiary/aromatic N) is 7. The first-order valence-electron chi connectivity index (χ1n) is 31.0. The summed E-state index contributed by atoms with van der Waals surface area (Å²) in [5.41, 5.74) is 0. The van der Waals surface area contributed by atoms with Gasteiger partial charge in [-0.25, -0.2) is 0 Å². The van der Waals surface area contributed by atoms with E-state index in [9.17, 15) is 43.5 Å². The third-order valence-corrected chi connectivity index (χ3v) is 16.7. The summed E-state index contributed by atoms with van der Waals surface area (Å²) < 4.78 is 0. The number of rotatable bonds is 15. The summed E-state index contributed by atoms with van der Waals surface area (Å²) in [6, 6.07) is -11.4. The molecule has 13 atom stereocenters. The highest BCUT2D eigenvalue weighted by atomic mass is 16.3. The zero-order valence-corrected chi connectivity index (χ0v) is 56.7. The lowest BCUT2D eigenvalue weighted by molar-refractivity contribution is -0.152. The molecule has 0 aromatic rings. The molecule has 5 N–H and O–H groups in total. The van der Waals surface area contributed by atoms with E-state index in [2.05, 4.69) is 21.3 Å². The Bertz CT molecular complexity index is 2270. The molecule has 0 radical (unpaired) electrons. The van der Waals surface area contributed by atoms with Gasteiger partial charge in [0.2, 0.25) is 59.1 Å². The summed E-state index contributed by atoms with van der Waals surface area (Å²) in [6.45, 7) is 32.3. The van der Waals surface area contributed by atoms with Crippen molar-refractivity contribution in [3.05, 3.63) is 12.2 Å². The average molecular weight is 1200 g/mol. The first kappa shape index (κ1) is 77.4. The fraction of sp³-hybridized carbons (Fsp3) is 0.810. The number of aliphatic hydroxyl groups is 1. The zero-order chi connectivity index (χ0) is 66.0. The molecule has 0 spiro atoms. The van der Waals surface area contributed by atoms with Crippen LogP contribution >= 0.6 is 0 Å². The molecule has 22 nitrogen and oxygen atoms in total. The number of carbonyl (C=O) groups excluding carboxylic acids is 10. The van der Waals surface area contributed by atoms with Crippen molar-refractivity contribution in [1.29, 1.82) is 0 Å². The van der Waals surface area contributed by atoms with Gasteiger partial charge < -0.3 is 55.8 Å². The van der Waals surface area contributed by atoms with E-state index in [-0.39, 0.29) is 61.2 Å². The molecule has 0 aromatic carbocycles. The van der Waals surface area contributed by atoms with Gasteiger partial charge in [-0.2, -0.15) is 0 Å². The van der Waals surface area contributed by atoms with Crippen molar-refractivity contribution < 1.29 is 53.1 Å². The molecular weight excluding hydrogens is 1090 g/mol. The van der Waals surface area contributed by atoms with Gasteiger partial charge in [0, 0.05) is 54.4 Å². The number of nitrogens with one attached hydrogen (secondary N) is 4. The van der Waals surface area contributed by atoms with E-state index < -0.39 is 144 Å². The van der Waals surface area contributed by atoms with Gasteiger partial charge in [0.15, 0.2) is 0 Å². The monoisotopic (exact) mass is 1200 g/mol. The third kappa shape index (κ3) is 21.9. The van der Waals surface area contributed by atoms with Gasteiger partial charge in [-0.05, 0) is 115 Å². The highest BCUT2D eigenvalue weighted by Gasteiger charge is 2.45. The molecule has 22 heteroatoms. The Labute approximate surface area is 511 Å². The molecule has 0 bridgehead atoms. The number of allylic oxidation sites excluding steroid dienone is 2. The van der Waals surface area contributed by atoms with Gasteiger partial charge in [0.1, 0.15) is 48.3 Å². The van der Waals surface area contributed by atoms with Crippen LogP contribution in [0.3, 0.4) is 0 Å². The Kier molecular flexibility index (Phi) is 32.1. The van der Waals surface area contributed by atoms with Crippen molar-refractivity contribution in [2.24, 2.45) is 41.4 Å². The van der Waals surface area contributed by atoms with Crippen LogP contribution in [0.25, 0.3) is 0 Å². The molecule has 1 saturated heterocycles. The van der Waals surface area contributed by atoms with Crippen molar-refractivity contribution >= 4 is 59.1 Å². The number of likely N-dealkylation sites (N-methyl/N-ethyl adjacent to an activating group) is 7. The summed E-state index contributed by atoms with van der Waals surface area (Å²) in [7, 11) is 10.8. The van der Waals surface area contributed by atoms with Gasteiger partial charge in [-0.15, -0.1) is 0 Å². The maximum Gasteiger partial charge on any atom is 0.246 e.